The maximum absolute atomic E-state index is 10.7. The summed E-state index contributed by atoms with van der Waals surface area (Å²) < 4.78 is 10.5. The van der Waals surface area contributed by atoms with Crippen molar-refractivity contribution in [2.45, 2.75) is 16.2 Å². The third kappa shape index (κ3) is 4.16. The second-order valence-electron chi connectivity index (χ2n) is 4.33. The van der Waals surface area contributed by atoms with E-state index in [4.69, 9.17) is 14.6 Å². The lowest BCUT2D eigenvalue weighted by Crippen LogP contribution is -2.00. The van der Waals surface area contributed by atoms with E-state index in [-0.39, 0.29) is 6.42 Å². The molecule has 0 saturated heterocycles. The van der Waals surface area contributed by atoms with E-state index in [1.807, 2.05) is 36.4 Å². The molecule has 0 fully saturated rings. The zero-order valence-electron chi connectivity index (χ0n) is 11.8. The molecule has 0 aliphatic heterocycles. The fourth-order valence-corrected chi connectivity index (χ4v) is 2.76. The van der Waals surface area contributed by atoms with Crippen molar-refractivity contribution in [3.05, 3.63) is 48.0 Å². The molecule has 0 radical (unpaired) electrons. The number of hydrogen-bond donors (Lipinski definition) is 1. The first-order valence-electron chi connectivity index (χ1n) is 6.33. The molecule has 21 heavy (non-hydrogen) atoms. The zero-order valence-corrected chi connectivity index (χ0v) is 12.6. The predicted molar refractivity (Wildman–Crippen MR) is 81.5 cm³/mol. The lowest BCUT2D eigenvalue weighted by molar-refractivity contribution is -0.136. The molecule has 2 aromatic rings. The molecule has 0 unspecified atom stereocenters. The standard InChI is InChI=1S/C16H16O4S/c1-19-12-4-6-13(7-5-12)21-15-8-3-11(10-16(17)18)9-14(15)20-2/h3-9H,10H2,1-2H3,(H,17,18). The van der Waals surface area contributed by atoms with E-state index in [1.54, 1.807) is 32.0 Å². The molecule has 0 aliphatic carbocycles. The van der Waals surface area contributed by atoms with Gasteiger partial charge in [0.2, 0.25) is 0 Å². The number of carbonyl (C=O) groups is 1. The summed E-state index contributed by atoms with van der Waals surface area (Å²) in [6.45, 7) is 0. The molecule has 0 aliphatic rings. The third-order valence-corrected chi connectivity index (χ3v) is 3.94. The van der Waals surface area contributed by atoms with Gasteiger partial charge in [-0.2, -0.15) is 0 Å². The number of methoxy groups -OCH3 is 2. The molecule has 0 bridgehead atoms. The normalized spacial score (nSPS) is 10.2. The second kappa shape index (κ2) is 7.04. The third-order valence-electron chi connectivity index (χ3n) is 2.87. The van der Waals surface area contributed by atoms with Gasteiger partial charge >= 0.3 is 5.97 Å². The first-order chi connectivity index (χ1) is 10.1. The van der Waals surface area contributed by atoms with Crippen molar-refractivity contribution in [3.8, 4) is 11.5 Å². The first kappa shape index (κ1) is 15.3. The van der Waals surface area contributed by atoms with Crippen molar-refractivity contribution < 1.29 is 19.4 Å². The van der Waals surface area contributed by atoms with Crippen LogP contribution in [0.4, 0.5) is 0 Å². The SMILES string of the molecule is COc1ccc(Sc2ccc(CC(=O)O)cc2OC)cc1. The van der Waals surface area contributed by atoms with Crippen LogP contribution >= 0.6 is 11.8 Å². The lowest BCUT2D eigenvalue weighted by atomic mass is 10.1. The number of hydrogen-bond acceptors (Lipinski definition) is 4. The Labute approximate surface area is 127 Å². The molecule has 0 heterocycles. The monoisotopic (exact) mass is 304 g/mol. The van der Waals surface area contributed by atoms with Crippen molar-refractivity contribution in [2.75, 3.05) is 14.2 Å². The van der Waals surface area contributed by atoms with Gasteiger partial charge in [0.1, 0.15) is 11.5 Å². The van der Waals surface area contributed by atoms with Gasteiger partial charge in [-0.3, -0.25) is 4.79 Å². The van der Waals surface area contributed by atoms with Gasteiger partial charge in [0.05, 0.1) is 25.5 Å². The molecule has 110 valence electrons. The van der Waals surface area contributed by atoms with Gasteiger partial charge in [-0.25, -0.2) is 0 Å². The van der Waals surface area contributed by atoms with Crippen LogP contribution in [0.15, 0.2) is 52.3 Å². The van der Waals surface area contributed by atoms with E-state index in [0.29, 0.717) is 5.75 Å². The molecule has 5 heteroatoms. The molecule has 0 aromatic heterocycles. The van der Waals surface area contributed by atoms with Crippen LogP contribution < -0.4 is 9.47 Å². The minimum Gasteiger partial charge on any atom is -0.497 e. The Morgan fingerprint density at radius 2 is 1.81 bits per heavy atom. The highest BCUT2D eigenvalue weighted by molar-refractivity contribution is 7.99. The van der Waals surface area contributed by atoms with Gasteiger partial charge in [-0.15, -0.1) is 0 Å². The second-order valence-corrected chi connectivity index (χ2v) is 5.45. The predicted octanol–water partition coefficient (Wildman–Crippen LogP) is 3.48. The largest absolute Gasteiger partial charge is 0.497 e. The van der Waals surface area contributed by atoms with Crippen molar-refractivity contribution >= 4 is 17.7 Å². The summed E-state index contributed by atoms with van der Waals surface area (Å²) in [6.07, 6.45) is -0.0101. The van der Waals surface area contributed by atoms with Crippen LogP contribution in [0.2, 0.25) is 0 Å². The van der Waals surface area contributed by atoms with Gasteiger partial charge in [0, 0.05) is 4.90 Å². The smallest absolute Gasteiger partial charge is 0.307 e. The van der Waals surface area contributed by atoms with Gasteiger partial charge in [0.15, 0.2) is 0 Å². The van der Waals surface area contributed by atoms with Gasteiger partial charge < -0.3 is 14.6 Å². The zero-order chi connectivity index (χ0) is 15.2. The summed E-state index contributed by atoms with van der Waals surface area (Å²) in [5.74, 6) is 0.630. The summed E-state index contributed by atoms with van der Waals surface area (Å²) in [7, 11) is 3.21. The van der Waals surface area contributed by atoms with E-state index in [1.165, 1.54) is 0 Å². The molecule has 4 nitrogen and oxygen atoms in total. The molecular weight excluding hydrogens is 288 g/mol. The summed E-state index contributed by atoms with van der Waals surface area (Å²) in [4.78, 5) is 12.7. The van der Waals surface area contributed by atoms with E-state index < -0.39 is 5.97 Å². The molecular formula is C16H16O4S. The molecule has 2 rings (SSSR count). The number of benzene rings is 2. The van der Waals surface area contributed by atoms with Gasteiger partial charge in [-0.05, 0) is 42.0 Å². The van der Waals surface area contributed by atoms with Crippen LogP contribution in [0.1, 0.15) is 5.56 Å². The van der Waals surface area contributed by atoms with Gasteiger partial charge in [-0.1, -0.05) is 17.8 Å². The first-order valence-corrected chi connectivity index (χ1v) is 7.14. The maximum Gasteiger partial charge on any atom is 0.307 e. The van der Waals surface area contributed by atoms with Crippen LogP contribution in [-0.2, 0) is 11.2 Å². The quantitative estimate of drug-likeness (QED) is 0.885. The molecule has 2 aromatic carbocycles. The number of carboxylic acids is 1. The summed E-state index contributed by atoms with van der Waals surface area (Å²) >= 11 is 1.56. The fraction of sp³-hybridized carbons (Fsp3) is 0.188. The van der Waals surface area contributed by atoms with E-state index >= 15 is 0 Å². The molecule has 0 spiro atoms. The van der Waals surface area contributed by atoms with Crippen LogP contribution in [0, 0.1) is 0 Å². The highest BCUT2D eigenvalue weighted by Gasteiger charge is 2.08. The molecule has 0 saturated carbocycles. The minimum absolute atomic E-state index is 0.0101. The van der Waals surface area contributed by atoms with E-state index in [0.717, 1.165) is 21.1 Å². The van der Waals surface area contributed by atoms with Crippen molar-refractivity contribution in [1.29, 1.82) is 0 Å². The van der Waals surface area contributed by atoms with Crippen LogP contribution in [0.3, 0.4) is 0 Å². The minimum atomic E-state index is -0.854. The maximum atomic E-state index is 10.7. The number of rotatable bonds is 6. The number of aliphatic carboxylic acids is 1. The van der Waals surface area contributed by atoms with E-state index in [2.05, 4.69) is 0 Å². The number of carboxylic acid groups (broad SMARTS) is 1. The Kier molecular flexibility index (Phi) is 5.11. The average Bonchev–Trinajstić information content (AvgIpc) is 2.49. The van der Waals surface area contributed by atoms with Crippen molar-refractivity contribution in [3.63, 3.8) is 0 Å². The summed E-state index contributed by atoms with van der Waals surface area (Å²) in [6, 6.07) is 13.2. The highest BCUT2D eigenvalue weighted by atomic mass is 32.2. The Balaban J connectivity index is 2.20. The molecule has 1 N–H and O–H groups in total. The van der Waals surface area contributed by atoms with Crippen LogP contribution in [0.5, 0.6) is 11.5 Å². The van der Waals surface area contributed by atoms with Gasteiger partial charge in [0.25, 0.3) is 0 Å². The van der Waals surface area contributed by atoms with Crippen molar-refractivity contribution in [1.82, 2.24) is 0 Å². The molecule has 0 amide bonds. The Bertz CT molecular complexity index is 623. The summed E-state index contributed by atoms with van der Waals surface area (Å²) in [5, 5.41) is 8.83. The average molecular weight is 304 g/mol. The Hall–Kier alpha value is -2.14. The fourth-order valence-electron chi connectivity index (χ4n) is 1.85. The highest BCUT2D eigenvalue weighted by Crippen LogP contribution is 2.36. The molecule has 0 atom stereocenters. The lowest BCUT2D eigenvalue weighted by Gasteiger charge is -2.10. The Morgan fingerprint density at radius 3 is 2.38 bits per heavy atom. The van der Waals surface area contributed by atoms with Crippen molar-refractivity contribution in [2.24, 2.45) is 0 Å². The topological polar surface area (TPSA) is 55.8 Å². The van der Waals surface area contributed by atoms with E-state index in [9.17, 15) is 4.79 Å². The van der Waals surface area contributed by atoms with Crippen LogP contribution in [-0.4, -0.2) is 25.3 Å². The number of ether oxygens (including phenoxy) is 2. The van der Waals surface area contributed by atoms with Crippen LogP contribution in [0.25, 0.3) is 0 Å². The Morgan fingerprint density at radius 1 is 1.10 bits per heavy atom. The summed E-state index contributed by atoms with van der Waals surface area (Å²) in [5.41, 5.74) is 0.721.